The van der Waals surface area contributed by atoms with Gasteiger partial charge < -0.3 is 9.88 Å². The van der Waals surface area contributed by atoms with Gasteiger partial charge in [0, 0.05) is 68.6 Å². The number of nitrogens with zero attached hydrogens (tertiary/aromatic N) is 4. The summed E-state index contributed by atoms with van der Waals surface area (Å²) < 4.78 is 1.91. The zero-order chi connectivity index (χ0) is 23.2. The molecule has 0 bridgehead atoms. The Labute approximate surface area is 200 Å². The van der Waals surface area contributed by atoms with Crippen LogP contribution in [0.1, 0.15) is 21.5 Å². The van der Waals surface area contributed by atoms with Gasteiger partial charge in [-0.05, 0) is 47.5 Å². The number of anilines is 1. The van der Waals surface area contributed by atoms with Crippen LogP contribution in [0, 0.1) is 0 Å². The van der Waals surface area contributed by atoms with Crippen LogP contribution in [0.3, 0.4) is 0 Å². The van der Waals surface area contributed by atoms with E-state index in [2.05, 4.69) is 62.6 Å². The molecule has 2 heterocycles. The van der Waals surface area contributed by atoms with E-state index in [0.29, 0.717) is 5.56 Å². The summed E-state index contributed by atoms with van der Waals surface area (Å²) in [6, 6.07) is 26.4. The van der Waals surface area contributed by atoms with Crippen LogP contribution in [0.2, 0.25) is 0 Å². The Kier molecular flexibility index (Phi) is 6.79. The molecule has 1 fully saturated rings. The first kappa shape index (κ1) is 22.1. The summed E-state index contributed by atoms with van der Waals surface area (Å²) in [5, 5.41) is 2.99. The number of hydrogen-bond acceptors (Lipinski definition) is 4. The standard InChI is InChI=1S/C28H29N5O/c34-28(25-8-12-27(13-9-25)33-15-14-29-22-33)30-26-10-6-24(7-11-26)21-32-18-16-31(17-19-32)20-23-4-2-1-3-5-23/h1-15,22H,16-21H2,(H,30,34). The maximum Gasteiger partial charge on any atom is 0.255 e. The monoisotopic (exact) mass is 451 g/mol. The van der Waals surface area contributed by atoms with E-state index in [0.717, 1.165) is 50.6 Å². The van der Waals surface area contributed by atoms with Gasteiger partial charge in [-0.2, -0.15) is 0 Å². The number of benzene rings is 3. The third kappa shape index (κ3) is 5.60. The van der Waals surface area contributed by atoms with Gasteiger partial charge in [0.2, 0.25) is 0 Å². The minimum Gasteiger partial charge on any atom is -0.322 e. The van der Waals surface area contributed by atoms with Crippen molar-refractivity contribution in [2.45, 2.75) is 13.1 Å². The van der Waals surface area contributed by atoms with Crippen LogP contribution in [0.4, 0.5) is 5.69 Å². The minimum absolute atomic E-state index is 0.112. The number of carbonyl (C=O) groups is 1. The number of hydrogen-bond donors (Lipinski definition) is 1. The van der Waals surface area contributed by atoms with Gasteiger partial charge in [0.25, 0.3) is 5.91 Å². The lowest BCUT2D eigenvalue weighted by Crippen LogP contribution is -2.45. The van der Waals surface area contributed by atoms with E-state index in [4.69, 9.17) is 0 Å². The van der Waals surface area contributed by atoms with Crippen molar-refractivity contribution >= 4 is 11.6 Å². The highest BCUT2D eigenvalue weighted by atomic mass is 16.1. The molecular formula is C28H29N5O. The Morgan fingerprint density at radius 1 is 0.765 bits per heavy atom. The van der Waals surface area contributed by atoms with Crippen LogP contribution >= 0.6 is 0 Å². The van der Waals surface area contributed by atoms with Gasteiger partial charge in [0.1, 0.15) is 0 Å². The van der Waals surface area contributed by atoms with Crippen LogP contribution in [-0.4, -0.2) is 51.4 Å². The Morgan fingerprint density at radius 2 is 1.38 bits per heavy atom. The number of aromatic nitrogens is 2. The molecule has 1 aliphatic rings. The summed E-state index contributed by atoms with van der Waals surface area (Å²) in [4.78, 5) is 21.7. The molecule has 34 heavy (non-hydrogen) atoms. The van der Waals surface area contributed by atoms with Crippen LogP contribution in [0.25, 0.3) is 5.69 Å². The Morgan fingerprint density at radius 3 is 1.97 bits per heavy atom. The number of nitrogens with one attached hydrogen (secondary N) is 1. The van der Waals surface area contributed by atoms with Gasteiger partial charge >= 0.3 is 0 Å². The Bertz CT molecular complexity index is 1180. The highest BCUT2D eigenvalue weighted by Gasteiger charge is 2.17. The topological polar surface area (TPSA) is 53.4 Å². The van der Waals surface area contributed by atoms with Gasteiger partial charge in [0.15, 0.2) is 0 Å². The maximum absolute atomic E-state index is 12.6. The average molecular weight is 452 g/mol. The molecule has 6 heteroatoms. The zero-order valence-electron chi connectivity index (χ0n) is 19.2. The van der Waals surface area contributed by atoms with Crippen molar-refractivity contribution in [2.24, 2.45) is 0 Å². The van der Waals surface area contributed by atoms with Crippen molar-refractivity contribution in [2.75, 3.05) is 31.5 Å². The summed E-state index contributed by atoms with van der Waals surface area (Å²) in [5.41, 5.74) is 5.04. The first-order valence-electron chi connectivity index (χ1n) is 11.7. The van der Waals surface area contributed by atoms with Gasteiger partial charge in [-0.25, -0.2) is 4.98 Å². The molecule has 0 radical (unpaired) electrons. The number of rotatable bonds is 7. The molecule has 1 N–H and O–H groups in total. The maximum atomic E-state index is 12.6. The molecule has 5 rings (SSSR count). The fourth-order valence-electron chi connectivity index (χ4n) is 4.30. The average Bonchev–Trinajstić information content (AvgIpc) is 3.42. The number of piperazine rings is 1. The molecule has 0 saturated carbocycles. The summed E-state index contributed by atoms with van der Waals surface area (Å²) in [7, 11) is 0. The SMILES string of the molecule is O=C(Nc1ccc(CN2CCN(Cc3ccccc3)CC2)cc1)c1ccc(-n2ccnc2)cc1. The molecule has 0 unspecified atom stereocenters. The van der Waals surface area contributed by atoms with Gasteiger partial charge in [0.05, 0.1) is 6.33 Å². The number of amides is 1. The zero-order valence-corrected chi connectivity index (χ0v) is 19.2. The molecule has 4 aromatic rings. The van der Waals surface area contributed by atoms with E-state index < -0.39 is 0 Å². The molecule has 1 aliphatic heterocycles. The summed E-state index contributed by atoms with van der Waals surface area (Å²) in [6.45, 7) is 6.27. The molecule has 3 aromatic carbocycles. The van der Waals surface area contributed by atoms with Crippen molar-refractivity contribution in [3.05, 3.63) is 114 Å². The molecule has 0 spiro atoms. The second-order valence-corrected chi connectivity index (χ2v) is 8.71. The first-order valence-corrected chi connectivity index (χ1v) is 11.7. The van der Waals surface area contributed by atoms with Crippen LogP contribution in [-0.2, 0) is 13.1 Å². The van der Waals surface area contributed by atoms with Gasteiger partial charge in [-0.1, -0.05) is 42.5 Å². The minimum atomic E-state index is -0.112. The molecule has 1 saturated heterocycles. The van der Waals surface area contributed by atoms with Crippen LogP contribution in [0.15, 0.2) is 97.6 Å². The van der Waals surface area contributed by atoms with E-state index in [-0.39, 0.29) is 5.91 Å². The number of carbonyl (C=O) groups excluding carboxylic acids is 1. The van der Waals surface area contributed by atoms with Crippen molar-refractivity contribution in [3.8, 4) is 5.69 Å². The Balaban J connectivity index is 1.10. The van der Waals surface area contributed by atoms with Crippen molar-refractivity contribution in [1.82, 2.24) is 19.4 Å². The second kappa shape index (κ2) is 10.5. The van der Waals surface area contributed by atoms with E-state index in [9.17, 15) is 4.79 Å². The van der Waals surface area contributed by atoms with Crippen molar-refractivity contribution in [1.29, 1.82) is 0 Å². The summed E-state index contributed by atoms with van der Waals surface area (Å²) >= 11 is 0. The lowest BCUT2D eigenvalue weighted by molar-refractivity contribution is 0.102. The third-order valence-electron chi connectivity index (χ3n) is 6.26. The summed E-state index contributed by atoms with van der Waals surface area (Å²) in [6.07, 6.45) is 5.35. The lowest BCUT2D eigenvalue weighted by atomic mass is 10.1. The lowest BCUT2D eigenvalue weighted by Gasteiger charge is -2.34. The van der Waals surface area contributed by atoms with E-state index in [1.54, 1.807) is 12.5 Å². The van der Waals surface area contributed by atoms with Crippen molar-refractivity contribution in [3.63, 3.8) is 0 Å². The molecule has 1 amide bonds. The molecule has 172 valence electrons. The van der Waals surface area contributed by atoms with E-state index in [1.165, 1.54) is 11.1 Å². The quantitative estimate of drug-likeness (QED) is 0.451. The molecule has 0 atom stereocenters. The van der Waals surface area contributed by atoms with E-state index in [1.807, 2.05) is 47.2 Å². The third-order valence-corrected chi connectivity index (χ3v) is 6.26. The summed E-state index contributed by atoms with van der Waals surface area (Å²) in [5.74, 6) is -0.112. The predicted molar refractivity (Wildman–Crippen MR) is 135 cm³/mol. The number of imidazole rings is 1. The normalized spacial score (nSPS) is 14.7. The van der Waals surface area contributed by atoms with Gasteiger partial charge in [-0.15, -0.1) is 0 Å². The predicted octanol–water partition coefficient (Wildman–Crippen LogP) is 4.44. The van der Waals surface area contributed by atoms with E-state index >= 15 is 0 Å². The highest BCUT2D eigenvalue weighted by Crippen LogP contribution is 2.16. The van der Waals surface area contributed by atoms with Crippen LogP contribution in [0.5, 0.6) is 0 Å². The highest BCUT2D eigenvalue weighted by molar-refractivity contribution is 6.04. The fourth-order valence-corrected chi connectivity index (χ4v) is 4.30. The second-order valence-electron chi connectivity index (χ2n) is 8.71. The molecule has 0 aliphatic carbocycles. The molecule has 1 aromatic heterocycles. The largest absolute Gasteiger partial charge is 0.322 e. The Hall–Kier alpha value is -3.74. The van der Waals surface area contributed by atoms with Gasteiger partial charge in [-0.3, -0.25) is 14.6 Å². The fraction of sp³-hybridized carbons (Fsp3) is 0.214. The smallest absolute Gasteiger partial charge is 0.255 e. The van der Waals surface area contributed by atoms with Crippen LogP contribution < -0.4 is 5.32 Å². The molecule has 6 nitrogen and oxygen atoms in total. The first-order chi connectivity index (χ1) is 16.7. The van der Waals surface area contributed by atoms with Crippen molar-refractivity contribution < 1.29 is 4.79 Å². The molecular weight excluding hydrogens is 422 g/mol.